The van der Waals surface area contributed by atoms with Crippen molar-refractivity contribution in [3.05, 3.63) is 35.7 Å². The van der Waals surface area contributed by atoms with Gasteiger partial charge in [-0.2, -0.15) is 5.26 Å². The van der Waals surface area contributed by atoms with Crippen molar-refractivity contribution in [2.45, 2.75) is 6.42 Å². The molecule has 4 heterocycles. The first kappa shape index (κ1) is 27.6. The van der Waals surface area contributed by atoms with Crippen LogP contribution in [0.4, 0.5) is 11.4 Å². The van der Waals surface area contributed by atoms with Gasteiger partial charge in [0.05, 0.1) is 89.6 Å². The fourth-order valence-electron chi connectivity index (χ4n) is 3.82. The van der Waals surface area contributed by atoms with Crippen LogP contribution in [0.5, 0.6) is 11.8 Å². The maximum atomic E-state index is 11.9. The van der Waals surface area contributed by atoms with Crippen LogP contribution in [0.1, 0.15) is 27.1 Å². The van der Waals surface area contributed by atoms with Crippen molar-refractivity contribution in [2.75, 3.05) is 83.7 Å². The molecule has 198 valence electrons. The zero-order valence-electron chi connectivity index (χ0n) is 21.3. The van der Waals surface area contributed by atoms with Crippen LogP contribution >= 0.6 is 0 Å². The molecule has 2 fully saturated rings. The molecule has 0 spiro atoms. The smallest absolute Gasteiger partial charge is 0.343 e. The zero-order valence-corrected chi connectivity index (χ0v) is 21.3. The monoisotopic (exact) mass is 513 g/mol. The Morgan fingerprint density at radius 1 is 0.865 bits per heavy atom. The number of ether oxygens (including phenoxy) is 5. The first-order chi connectivity index (χ1) is 18.0. The number of esters is 1. The molecule has 4 rings (SSSR count). The molecule has 2 aromatic heterocycles. The fraction of sp³-hybridized carbons (Fsp3) is 0.480. The van der Waals surface area contributed by atoms with Crippen molar-refractivity contribution in [3.8, 4) is 17.8 Å². The molecular formula is C25H31N5O7. The van der Waals surface area contributed by atoms with Crippen molar-refractivity contribution < 1.29 is 33.3 Å². The van der Waals surface area contributed by atoms with Gasteiger partial charge in [0.15, 0.2) is 5.78 Å². The van der Waals surface area contributed by atoms with E-state index in [1.165, 1.54) is 21.3 Å². The van der Waals surface area contributed by atoms with Crippen molar-refractivity contribution in [2.24, 2.45) is 0 Å². The van der Waals surface area contributed by atoms with Gasteiger partial charge in [-0.15, -0.1) is 0 Å². The molecule has 0 bridgehead atoms. The number of carbonyl (C=O) groups excluding carboxylic acids is 2. The molecule has 37 heavy (non-hydrogen) atoms. The van der Waals surface area contributed by atoms with Gasteiger partial charge in [-0.3, -0.25) is 4.79 Å². The SMILES string of the molecule is COC(=O)c1cc(N2CCOCC2)cnc1OC.COc1ncc(N2CCOCC2)cc1C(=O)CC#N. The van der Waals surface area contributed by atoms with Crippen molar-refractivity contribution >= 4 is 23.1 Å². The molecule has 12 heteroatoms. The van der Waals surface area contributed by atoms with Crippen LogP contribution in [0.3, 0.4) is 0 Å². The number of hydrogen-bond acceptors (Lipinski definition) is 12. The summed E-state index contributed by atoms with van der Waals surface area (Å²) in [6, 6.07) is 5.32. The van der Waals surface area contributed by atoms with Crippen LogP contribution < -0.4 is 19.3 Å². The standard InChI is InChI=1S/C13H15N3O3.C12H16N2O4/c1-18-13-11(12(17)2-3-14)8-10(9-15-13)16-4-6-19-7-5-16;1-16-11-10(12(15)17-2)7-9(8-13-11)14-3-5-18-6-4-14/h8-9H,2,4-7H2,1H3;7-8H,3-6H2,1-2H3. The van der Waals surface area contributed by atoms with Gasteiger partial charge in [-0.25, -0.2) is 14.8 Å². The van der Waals surface area contributed by atoms with E-state index in [1.54, 1.807) is 24.5 Å². The predicted octanol–water partition coefficient (Wildman–Crippen LogP) is 1.74. The van der Waals surface area contributed by atoms with E-state index in [0.717, 1.165) is 37.6 Å². The third-order valence-electron chi connectivity index (χ3n) is 5.76. The molecule has 0 amide bonds. The minimum Gasteiger partial charge on any atom is -0.480 e. The van der Waals surface area contributed by atoms with Crippen molar-refractivity contribution in [1.29, 1.82) is 5.26 Å². The summed E-state index contributed by atoms with van der Waals surface area (Å²) in [5.41, 5.74) is 2.42. The molecule has 0 saturated carbocycles. The molecule has 2 aromatic rings. The van der Waals surface area contributed by atoms with E-state index in [-0.39, 0.29) is 24.0 Å². The number of nitrogens with zero attached hydrogens (tertiary/aromatic N) is 5. The maximum Gasteiger partial charge on any atom is 0.343 e. The van der Waals surface area contributed by atoms with E-state index in [9.17, 15) is 9.59 Å². The van der Waals surface area contributed by atoms with Gasteiger partial charge in [0.1, 0.15) is 5.56 Å². The van der Waals surface area contributed by atoms with Gasteiger partial charge < -0.3 is 33.5 Å². The molecule has 2 aliphatic rings. The quantitative estimate of drug-likeness (QED) is 0.394. The summed E-state index contributed by atoms with van der Waals surface area (Å²) in [6.45, 7) is 5.78. The summed E-state index contributed by atoms with van der Waals surface area (Å²) in [5, 5.41) is 8.62. The van der Waals surface area contributed by atoms with Gasteiger partial charge >= 0.3 is 5.97 Å². The lowest BCUT2D eigenvalue weighted by Crippen LogP contribution is -2.36. The molecular weight excluding hydrogens is 482 g/mol. The number of nitriles is 1. The largest absolute Gasteiger partial charge is 0.480 e. The van der Waals surface area contributed by atoms with Crippen LogP contribution in [0, 0.1) is 11.3 Å². The normalized spacial score (nSPS) is 15.1. The Labute approximate surface area is 215 Å². The van der Waals surface area contributed by atoms with E-state index in [1.807, 2.05) is 6.07 Å². The Hall–Kier alpha value is -3.95. The number of rotatable bonds is 7. The minimum absolute atomic E-state index is 0.176. The fourth-order valence-corrected chi connectivity index (χ4v) is 3.82. The van der Waals surface area contributed by atoms with Gasteiger partial charge in [0, 0.05) is 26.2 Å². The minimum atomic E-state index is -0.450. The van der Waals surface area contributed by atoms with E-state index < -0.39 is 5.97 Å². The number of hydrogen-bond donors (Lipinski definition) is 0. The summed E-state index contributed by atoms with van der Waals surface area (Å²) in [6.07, 6.45) is 3.19. The number of carbonyl (C=O) groups is 2. The lowest BCUT2D eigenvalue weighted by atomic mass is 10.1. The molecule has 0 atom stereocenters. The number of aromatic nitrogens is 2. The zero-order chi connectivity index (χ0) is 26.6. The highest BCUT2D eigenvalue weighted by atomic mass is 16.5. The van der Waals surface area contributed by atoms with Crippen LogP contribution in [-0.2, 0) is 14.2 Å². The lowest BCUT2D eigenvalue weighted by molar-refractivity contribution is 0.0596. The average Bonchev–Trinajstić information content (AvgIpc) is 2.97. The van der Waals surface area contributed by atoms with Gasteiger partial charge in [0.2, 0.25) is 11.8 Å². The van der Waals surface area contributed by atoms with Crippen LogP contribution in [0.25, 0.3) is 0 Å². The Balaban J connectivity index is 0.000000206. The molecule has 0 aromatic carbocycles. The molecule has 0 aliphatic carbocycles. The van der Waals surface area contributed by atoms with Gasteiger partial charge in [-0.1, -0.05) is 0 Å². The third-order valence-corrected chi connectivity index (χ3v) is 5.76. The molecule has 2 saturated heterocycles. The highest BCUT2D eigenvalue weighted by molar-refractivity contribution is 6.00. The molecule has 12 nitrogen and oxygen atoms in total. The number of methoxy groups -OCH3 is 3. The van der Waals surface area contributed by atoms with E-state index in [2.05, 4.69) is 19.8 Å². The Morgan fingerprint density at radius 2 is 1.32 bits per heavy atom. The summed E-state index contributed by atoms with van der Waals surface area (Å²) < 4.78 is 25.4. The molecule has 2 aliphatic heterocycles. The van der Waals surface area contributed by atoms with Gasteiger partial charge in [0.25, 0.3) is 0 Å². The Kier molecular flexibility index (Phi) is 10.4. The second-order valence-corrected chi connectivity index (χ2v) is 7.95. The summed E-state index contributed by atoms with van der Waals surface area (Å²) >= 11 is 0. The number of pyridine rings is 2. The number of morpholine rings is 2. The second kappa shape index (κ2) is 14.0. The topological polar surface area (TPSA) is 136 Å². The molecule has 0 radical (unpaired) electrons. The van der Waals surface area contributed by atoms with Crippen molar-refractivity contribution in [3.63, 3.8) is 0 Å². The molecule has 0 N–H and O–H groups in total. The number of Topliss-reactive ketones (excluding diaryl/α,β-unsaturated/α-hetero) is 1. The highest BCUT2D eigenvalue weighted by Gasteiger charge is 2.20. The summed E-state index contributed by atoms with van der Waals surface area (Å²) in [7, 11) is 4.27. The van der Waals surface area contributed by atoms with Crippen LogP contribution in [0.15, 0.2) is 24.5 Å². The number of anilines is 2. The van der Waals surface area contributed by atoms with E-state index >= 15 is 0 Å². The van der Waals surface area contributed by atoms with E-state index in [4.69, 9.17) is 28.9 Å². The first-order valence-corrected chi connectivity index (χ1v) is 11.7. The number of ketones is 1. The van der Waals surface area contributed by atoms with Crippen LogP contribution in [0.2, 0.25) is 0 Å². The van der Waals surface area contributed by atoms with Crippen LogP contribution in [-0.4, -0.2) is 95.7 Å². The first-order valence-electron chi connectivity index (χ1n) is 11.7. The second-order valence-electron chi connectivity index (χ2n) is 7.95. The Morgan fingerprint density at radius 3 is 1.76 bits per heavy atom. The summed E-state index contributed by atoms with van der Waals surface area (Å²) in [5.74, 6) is -0.187. The Bertz CT molecular complexity index is 1110. The third kappa shape index (κ3) is 7.28. The predicted molar refractivity (Wildman–Crippen MR) is 134 cm³/mol. The van der Waals surface area contributed by atoms with E-state index in [0.29, 0.717) is 37.6 Å². The van der Waals surface area contributed by atoms with Crippen molar-refractivity contribution in [1.82, 2.24) is 9.97 Å². The lowest BCUT2D eigenvalue weighted by Gasteiger charge is -2.28. The maximum absolute atomic E-state index is 11.9. The molecule has 0 unspecified atom stereocenters. The summed E-state index contributed by atoms with van der Waals surface area (Å²) in [4.78, 5) is 36.0. The van der Waals surface area contributed by atoms with Gasteiger partial charge in [-0.05, 0) is 12.1 Å². The average molecular weight is 514 g/mol. The highest BCUT2D eigenvalue weighted by Crippen LogP contribution is 2.25.